The molecular weight excluding hydrogens is 339 g/mol. The number of anilines is 3. The second kappa shape index (κ2) is 7.48. The first-order valence-electron chi connectivity index (χ1n) is 6.90. The van der Waals surface area contributed by atoms with Gasteiger partial charge < -0.3 is 15.4 Å². The highest BCUT2D eigenvalue weighted by molar-refractivity contribution is 6.32. The van der Waals surface area contributed by atoms with Gasteiger partial charge in [0.25, 0.3) is 0 Å². The van der Waals surface area contributed by atoms with Crippen LogP contribution in [0.3, 0.4) is 0 Å². The molecule has 8 heteroatoms. The van der Waals surface area contributed by atoms with E-state index in [9.17, 15) is 4.79 Å². The third-order valence-electron chi connectivity index (χ3n) is 3.22. The third kappa shape index (κ3) is 4.46. The van der Waals surface area contributed by atoms with E-state index in [1.165, 1.54) is 7.11 Å². The number of benzene rings is 1. The molecule has 0 bridgehead atoms. The van der Waals surface area contributed by atoms with Gasteiger partial charge in [-0.25, -0.2) is 9.78 Å². The lowest BCUT2D eigenvalue weighted by Crippen LogP contribution is -2.06. The summed E-state index contributed by atoms with van der Waals surface area (Å²) in [6.45, 7) is 0. The average Bonchev–Trinajstić information content (AvgIpc) is 3.35. The number of methoxy groups -OCH3 is 1. The zero-order valence-corrected chi connectivity index (χ0v) is 13.9. The van der Waals surface area contributed by atoms with Crippen LogP contribution in [0.5, 0.6) is 0 Å². The number of carbonyl (C=O) groups is 1. The Hall–Kier alpha value is -2.05. The molecule has 0 atom stereocenters. The van der Waals surface area contributed by atoms with Gasteiger partial charge in [0.15, 0.2) is 5.82 Å². The summed E-state index contributed by atoms with van der Waals surface area (Å²) >= 11 is 6.08. The fourth-order valence-corrected chi connectivity index (χ4v) is 2.03. The van der Waals surface area contributed by atoms with Crippen LogP contribution < -0.4 is 10.6 Å². The maximum atomic E-state index is 11.4. The number of ether oxygens (including phenoxy) is 1. The SMILES string of the molecule is COC(=O)c1ccc(Nc2ncc(Cl)c(NC3CC3)n2)cc1.Cl. The van der Waals surface area contributed by atoms with Crippen LogP contribution in [0.25, 0.3) is 0 Å². The Morgan fingerprint density at radius 1 is 1.30 bits per heavy atom. The molecule has 23 heavy (non-hydrogen) atoms. The van der Waals surface area contributed by atoms with Gasteiger partial charge in [0.2, 0.25) is 5.95 Å². The number of nitrogens with one attached hydrogen (secondary N) is 2. The van der Waals surface area contributed by atoms with Crippen LogP contribution in [0.2, 0.25) is 5.02 Å². The first kappa shape index (κ1) is 17.3. The van der Waals surface area contributed by atoms with Gasteiger partial charge in [0.1, 0.15) is 5.02 Å². The van der Waals surface area contributed by atoms with Crippen molar-refractivity contribution in [1.82, 2.24) is 9.97 Å². The summed E-state index contributed by atoms with van der Waals surface area (Å²) in [4.78, 5) is 19.9. The van der Waals surface area contributed by atoms with Crippen molar-refractivity contribution in [2.24, 2.45) is 0 Å². The van der Waals surface area contributed by atoms with Crippen LogP contribution >= 0.6 is 24.0 Å². The summed E-state index contributed by atoms with van der Waals surface area (Å²) in [6.07, 6.45) is 3.83. The minimum atomic E-state index is -0.370. The minimum Gasteiger partial charge on any atom is -0.465 e. The Bertz CT molecular complexity index is 690. The van der Waals surface area contributed by atoms with Crippen LogP contribution in [0.1, 0.15) is 23.2 Å². The number of halogens is 2. The molecule has 0 saturated heterocycles. The van der Waals surface area contributed by atoms with Crippen molar-refractivity contribution in [1.29, 1.82) is 0 Å². The number of esters is 1. The first-order valence-corrected chi connectivity index (χ1v) is 7.28. The van der Waals surface area contributed by atoms with E-state index in [0.717, 1.165) is 18.5 Å². The molecule has 1 fully saturated rings. The molecular formula is C15H16Cl2N4O2. The maximum absolute atomic E-state index is 11.4. The molecule has 2 aromatic rings. The largest absolute Gasteiger partial charge is 0.465 e. The second-order valence-electron chi connectivity index (χ2n) is 5.00. The summed E-state index contributed by atoms with van der Waals surface area (Å²) in [7, 11) is 1.35. The molecule has 0 unspecified atom stereocenters. The van der Waals surface area contributed by atoms with Gasteiger partial charge >= 0.3 is 5.97 Å². The average molecular weight is 355 g/mol. The highest BCUT2D eigenvalue weighted by Crippen LogP contribution is 2.28. The number of nitrogens with zero attached hydrogens (tertiary/aromatic N) is 2. The smallest absolute Gasteiger partial charge is 0.337 e. The van der Waals surface area contributed by atoms with Gasteiger partial charge in [-0.05, 0) is 37.1 Å². The van der Waals surface area contributed by atoms with Crippen molar-refractivity contribution >= 4 is 47.4 Å². The van der Waals surface area contributed by atoms with E-state index in [1.807, 2.05) is 0 Å². The van der Waals surface area contributed by atoms with Crippen molar-refractivity contribution in [2.75, 3.05) is 17.7 Å². The van der Waals surface area contributed by atoms with Crippen LogP contribution in [0.4, 0.5) is 17.5 Å². The molecule has 1 aromatic heterocycles. The van der Waals surface area contributed by atoms with Crippen molar-refractivity contribution in [2.45, 2.75) is 18.9 Å². The van der Waals surface area contributed by atoms with E-state index in [0.29, 0.717) is 28.4 Å². The molecule has 1 aliphatic rings. The van der Waals surface area contributed by atoms with E-state index < -0.39 is 0 Å². The predicted molar refractivity (Wildman–Crippen MR) is 92.0 cm³/mol. The van der Waals surface area contributed by atoms with E-state index in [2.05, 4.69) is 25.3 Å². The lowest BCUT2D eigenvalue weighted by Gasteiger charge is -2.09. The monoisotopic (exact) mass is 354 g/mol. The molecule has 6 nitrogen and oxygen atoms in total. The summed E-state index contributed by atoms with van der Waals surface area (Å²) in [5, 5.41) is 6.83. The Morgan fingerprint density at radius 3 is 2.61 bits per heavy atom. The van der Waals surface area contributed by atoms with Crippen LogP contribution in [-0.2, 0) is 4.74 Å². The van der Waals surface area contributed by atoms with Gasteiger partial charge in [-0.2, -0.15) is 4.98 Å². The molecule has 1 heterocycles. The zero-order valence-electron chi connectivity index (χ0n) is 12.4. The summed E-state index contributed by atoms with van der Waals surface area (Å²) in [5.41, 5.74) is 1.26. The van der Waals surface area contributed by atoms with Crippen molar-refractivity contribution in [3.8, 4) is 0 Å². The van der Waals surface area contributed by atoms with E-state index >= 15 is 0 Å². The zero-order chi connectivity index (χ0) is 15.5. The Morgan fingerprint density at radius 2 is 2.00 bits per heavy atom. The van der Waals surface area contributed by atoms with Gasteiger partial charge in [-0.1, -0.05) is 11.6 Å². The van der Waals surface area contributed by atoms with Gasteiger partial charge in [0, 0.05) is 11.7 Å². The Kier molecular flexibility index (Phi) is 5.63. The fourth-order valence-electron chi connectivity index (χ4n) is 1.89. The van der Waals surface area contributed by atoms with Crippen LogP contribution in [0, 0.1) is 0 Å². The number of aromatic nitrogens is 2. The molecule has 3 rings (SSSR count). The summed E-state index contributed by atoms with van der Waals surface area (Å²) in [6, 6.07) is 7.33. The number of hydrogen-bond acceptors (Lipinski definition) is 6. The molecule has 122 valence electrons. The molecule has 1 saturated carbocycles. The molecule has 0 amide bonds. The Balaban J connectivity index is 0.00000192. The lowest BCUT2D eigenvalue weighted by atomic mass is 10.2. The Labute approximate surface area is 145 Å². The highest BCUT2D eigenvalue weighted by Gasteiger charge is 2.22. The van der Waals surface area contributed by atoms with E-state index in [1.54, 1.807) is 30.5 Å². The highest BCUT2D eigenvalue weighted by atomic mass is 35.5. The third-order valence-corrected chi connectivity index (χ3v) is 3.50. The van der Waals surface area contributed by atoms with Crippen molar-refractivity contribution in [3.63, 3.8) is 0 Å². The molecule has 1 aliphatic carbocycles. The number of hydrogen-bond donors (Lipinski definition) is 2. The second-order valence-corrected chi connectivity index (χ2v) is 5.41. The summed E-state index contributed by atoms with van der Waals surface area (Å²) in [5.74, 6) is 0.705. The number of carbonyl (C=O) groups excluding carboxylic acids is 1. The number of rotatable bonds is 5. The molecule has 0 spiro atoms. The molecule has 0 aliphatic heterocycles. The van der Waals surface area contributed by atoms with Gasteiger partial charge in [-0.3, -0.25) is 0 Å². The van der Waals surface area contributed by atoms with Crippen LogP contribution in [0.15, 0.2) is 30.5 Å². The van der Waals surface area contributed by atoms with E-state index in [4.69, 9.17) is 11.6 Å². The maximum Gasteiger partial charge on any atom is 0.337 e. The lowest BCUT2D eigenvalue weighted by molar-refractivity contribution is 0.0601. The standard InChI is InChI=1S/C15H15ClN4O2.ClH/c1-22-14(21)9-2-4-11(5-3-9)19-15-17-8-12(16)13(20-15)18-10-6-7-10;/h2-5,8,10H,6-7H2,1H3,(H2,17,18,19,20);1H. The molecule has 1 aromatic carbocycles. The van der Waals surface area contributed by atoms with Gasteiger partial charge in [-0.15, -0.1) is 12.4 Å². The first-order chi connectivity index (χ1) is 10.7. The van der Waals surface area contributed by atoms with Crippen molar-refractivity contribution in [3.05, 3.63) is 41.0 Å². The summed E-state index contributed by atoms with van der Waals surface area (Å²) < 4.78 is 4.66. The quantitative estimate of drug-likeness (QED) is 0.798. The van der Waals surface area contributed by atoms with Crippen molar-refractivity contribution < 1.29 is 9.53 Å². The van der Waals surface area contributed by atoms with Crippen LogP contribution in [-0.4, -0.2) is 29.1 Å². The predicted octanol–water partition coefficient (Wildman–Crippen LogP) is 3.66. The topological polar surface area (TPSA) is 76.1 Å². The minimum absolute atomic E-state index is 0. The fraction of sp³-hybridized carbons (Fsp3) is 0.267. The molecule has 2 N–H and O–H groups in total. The van der Waals surface area contributed by atoms with E-state index in [-0.39, 0.29) is 18.4 Å². The molecule has 0 radical (unpaired) electrons. The van der Waals surface area contributed by atoms with Gasteiger partial charge in [0.05, 0.1) is 18.9 Å². The normalized spacial score (nSPS) is 13.0.